The topological polar surface area (TPSA) is 75.4 Å². The fourth-order valence-electron chi connectivity index (χ4n) is 2.26. The average Bonchev–Trinajstić information content (AvgIpc) is 3.29. The first-order valence-electron chi connectivity index (χ1n) is 7.34. The smallest absolute Gasteiger partial charge is 0.239 e. The van der Waals surface area contributed by atoms with E-state index in [1.807, 2.05) is 30.3 Å². The van der Waals surface area contributed by atoms with E-state index in [2.05, 4.69) is 5.32 Å². The number of halogens is 1. The number of amides is 2. The molecule has 3 N–H and O–H groups in total. The van der Waals surface area contributed by atoms with E-state index in [0.29, 0.717) is 6.04 Å². The van der Waals surface area contributed by atoms with E-state index in [0.717, 1.165) is 18.4 Å². The highest BCUT2D eigenvalue weighted by Crippen LogP contribution is 2.21. The molecule has 1 aromatic rings. The van der Waals surface area contributed by atoms with Crippen molar-refractivity contribution in [3.8, 4) is 0 Å². The van der Waals surface area contributed by atoms with Crippen LogP contribution in [0.5, 0.6) is 0 Å². The second-order valence-corrected chi connectivity index (χ2v) is 5.76. The van der Waals surface area contributed by atoms with Crippen molar-refractivity contribution >= 4 is 24.2 Å². The first kappa shape index (κ1) is 18.5. The molecule has 0 radical (unpaired) electrons. The van der Waals surface area contributed by atoms with Gasteiger partial charge >= 0.3 is 0 Å². The Hall–Kier alpha value is -1.59. The van der Waals surface area contributed by atoms with Crippen LogP contribution in [0, 0.1) is 5.92 Å². The van der Waals surface area contributed by atoms with Crippen LogP contribution in [0.1, 0.15) is 31.4 Å². The summed E-state index contributed by atoms with van der Waals surface area (Å²) in [4.78, 5) is 25.5. The van der Waals surface area contributed by atoms with Crippen LogP contribution in [0.15, 0.2) is 30.3 Å². The fourth-order valence-corrected chi connectivity index (χ4v) is 2.26. The zero-order valence-electron chi connectivity index (χ0n) is 13.0. The molecule has 2 unspecified atom stereocenters. The molecule has 1 aliphatic carbocycles. The summed E-state index contributed by atoms with van der Waals surface area (Å²) in [5.41, 5.74) is 7.08. The minimum absolute atomic E-state index is 0. The van der Waals surface area contributed by atoms with Gasteiger partial charge in [0.25, 0.3) is 0 Å². The lowest BCUT2D eigenvalue weighted by molar-refractivity contribution is -0.138. The van der Waals surface area contributed by atoms with Gasteiger partial charge in [-0.15, -0.1) is 12.4 Å². The Morgan fingerprint density at radius 1 is 1.32 bits per heavy atom. The van der Waals surface area contributed by atoms with Crippen molar-refractivity contribution in [2.24, 2.45) is 11.7 Å². The normalized spacial score (nSPS) is 16.1. The molecular weight excluding hydrogens is 302 g/mol. The Kier molecular flexibility index (Phi) is 6.84. The van der Waals surface area contributed by atoms with Gasteiger partial charge < -0.3 is 16.0 Å². The number of hydrogen-bond donors (Lipinski definition) is 2. The predicted octanol–water partition coefficient (Wildman–Crippen LogP) is 1.48. The van der Waals surface area contributed by atoms with E-state index in [1.54, 1.807) is 14.0 Å². The Labute approximate surface area is 137 Å². The van der Waals surface area contributed by atoms with Crippen molar-refractivity contribution in [3.63, 3.8) is 0 Å². The van der Waals surface area contributed by atoms with Crippen molar-refractivity contribution in [3.05, 3.63) is 35.9 Å². The molecule has 0 heterocycles. The zero-order valence-corrected chi connectivity index (χ0v) is 13.8. The molecule has 0 bridgehead atoms. The molecule has 0 spiro atoms. The molecule has 122 valence electrons. The fraction of sp³-hybridized carbons (Fsp3) is 0.500. The summed E-state index contributed by atoms with van der Waals surface area (Å²) in [7, 11) is 1.64. The summed E-state index contributed by atoms with van der Waals surface area (Å²) in [5.74, 6) is -0.586. The summed E-state index contributed by atoms with van der Waals surface area (Å²) in [5, 5.41) is 2.88. The summed E-state index contributed by atoms with van der Waals surface area (Å²) in [6.45, 7) is 1.89. The lowest BCUT2D eigenvalue weighted by Gasteiger charge is -2.25. The Balaban J connectivity index is 0.00000242. The van der Waals surface area contributed by atoms with E-state index >= 15 is 0 Å². The van der Waals surface area contributed by atoms with Gasteiger partial charge in [0.15, 0.2) is 0 Å². The van der Waals surface area contributed by atoms with Gasteiger partial charge in [-0.1, -0.05) is 37.3 Å². The maximum absolute atomic E-state index is 12.4. The third kappa shape index (κ3) is 5.00. The molecular formula is C16H24ClN3O2. The molecule has 2 amide bonds. The minimum atomic E-state index is -0.369. The lowest BCUT2D eigenvalue weighted by atomic mass is 9.94. The van der Waals surface area contributed by atoms with Crippen LogP contribution >= 0.6 is 12.4 Å². The summed E-state index contributed by atoms with van der Waals surface area (Å²) < 4.78 is 0. The van der Waals surface area contributed by atoms with Crippen molar-refractivity contribution in [1.29, 1.82) is 0 Å². The van der Waals surface area contributed by atoms with E-state index in [1.165, 1.54) is 4.90 Å². The number of nitrogens with one attached hydrogen (secondary N) is 1. The molecule has 1 saturated carbocycles. The molecule has 22 heavy (non-hydrogen) atoms. The first-order chi connectivity index (χ1) is 9.99. The van der Waals surface area contributed by atoms with Crippen LogP contribution in [-0.4, -0.2) is 36.3 Å². The van der Waals surface area contributed by atoms with E-state index < -0.39 is 0 Å². The molecule has 2 atom stereocenters. The minimum Gasteiger partial charge on any atom is -0.352 e. The van der Waals surface area contributed by atoms with E-state index in [4.69, 9.17) is 5.73 Å². The third-order valence-electron chi connectivity index (χ3n) is 3.81. The van der Waals surface area contributed by atoms with E-state index in [-0.39, 0.29) is 42.7 Å². The standard InChI is InChI=1S/C16H23N3O2.ClH/c1-11(15(17)12-6-4-3-5-7-12)16(21)19(2)10-14(20)18-13-8-9-13;/h3-7,11,13,15H,8-10,17H2,1-2H3,(H,18,20);1H. The van der Waals surface area contributed by atoms with Crippen molar-refractivity contribution in [2.45, 2.75) is 31.8 Å². The number of nitrogens with two attached hydrogens (primary N) is 1. The number of carbonyl (C=O) groups excluding carboxylic acids is 2. The maximum Gasteiger partial charge on any atom is 0.239 e. The summed E-state index contributed by atoms with van der Waals surface area (Å²) in [6, 6.07) is 9.48. The van der Waals surface area contributed by atoms with Gasteiger partial charge in [-0.3, -0.25) is 9.59 Å². The molecule has 0 aliphatic heterocycles. The lowest BCUT2D eigenvalue weighted by Crippen LogP contribution is -2.43. The molecule has 1 aliphatic rings. The number of carbonyl (C=O) groups is 2. The van der Waals surface area contributed by atoms with Crippen molar-refractivity contribution < 1.29 is 9.59 Å². The van der Waals surface area contributed by atoms with Crippen LogP contribution in [0.3, 0.4) is 0 Å². The molecule has 0 aromatic heterocycles. The van der Waals surface area contributed by atoms with Crippen molar-refractivity contribution in [2.75, 3.05) is 13.6 Å². The van der Waals surface area contributed by atoms with Gasteiger partial charge in [-0.2, -0.15) is 0 Å². The predicted molar refractivity (Wildman–Crippen MR) is 88.6 cm³/mol. The quantitative estimate of drug-likeness (QED) is 0.832. The molecule has 1 aromatic carbocycles. The first-order valence-corrected chi connectivity index (χ1v) is 7.34. The van der Waals surface area contributed by atoms with Crippen molar-refractivity contribution in [1.82, 2.24) is 10.2 Å². The number of nitrogens with zero attached hydrogens (tertiary/aromatic N) is 1. The molecule has 5 nitrogen and oxygen atoms in total. The van der Waals surface area contributed by atoms with Crippen LogP contribution in [0.2, 0.25) is 0 Å². The second kappa shape index (κ2) is 8.15. The van der Waals surface area contributed by atoms with Crippen LogP contribution in [0.4, 0.5) is 0 Å². The number of benzene rings is 1. The number of likely N-dealkylation sites (N-methyl/N-ethyl adjacent to an activating group) is 1. The third-order valence-corrected chi connectivity index (χ3v) is 3.81. The summed E-state index contributed by atoms with van der Waals surface area (Å²) in [6.07, 6.45) is 2.08. The monoisotopic (exact) mass is 325 g/mol. The molecule has 6 heteroatoms. The number of hydrogen-bond acceptors (Lipinski definition) is 3. The number of rotatable bonds is 6. The average molecular weight is 326 g/mol. The molecule has 0 saturated heterocycles. The van der Waals surface area contributed by atoms with Crippen LogP contribution < -0.4 is 11.1 Å². The van der Waals surface area contributed by atoms with Gasteiger partial charge in [0.2, 0.25) is 11.8 Å². The second-order valence-electron chi connectivity index (χ2n) is 5.76. The SMILES string of the molecule is CC(C(=O)N(C)CC(=O)NC1CC1)C(N)c1ccccc1.Cl. The van der Waals surface area contributed by atoms with Crippen LogP contribution in [0.25, 0.3) is 0 Å². The van der Waals surface area contributed by atoms with Crippen LogP contribution in [-0.2, 0) is 9.59 Å². The molecule has 2 rings (SSSR count). The highest BCUT2D eigenvalue weighted by atomic mass is 35.5. The highest BCUT2D eigenvalue weighted by molar-refractivity contribution is 5.86. The maximum atomic E-state index is 12.4. The Morgan fingerprint density at radius 2 is 1.91 bits per heavy atom. The van der Waals surface area contributed by atoms with Gasteiger partial charge in [0.05, 0.1) is 12.5 Å². The Bertz CT molecular complexity index is 505. The Morgan fingerprint density at radius 3 is 2.45 bits per heavy atom. The van der Waals surface area contributed by atoms with Gasteiger partial charge in [-0.25, -0.2) is 0 Å². The van der Waals surface area contributed by atoms with E-state index in [9.17, 15) is 9.59 Å². The summed E-state index contributed by atoms with van der Waals surface area (Å²) >= 11 is 0. The molecule has 1 fully saturated rings. The largest absolute Gasteiger partial charge is 0.352 e. The highest BCUT2D eigenvalue weighted by Gasteiger charge is 2.28. The van der Waals surface area contributed by atoms with Gasteiger partial charge in [-0.05, 0) is 18.4 Å². The van der Waals surface area contributed by atoms with Gasteiger partial charge in [0, 0.05) is 19.1 Å². The zero-order chi connectivity index (χ0) is 15.4. The van der Waals surface area contributed by atoms with Gasteiger partial charge in [0.1, 0.15) is 0 Å².